The molecule has 2 aliphatic heterocycles. The summed E-state index contributed by atoms with van der Waals surface area (Å²) in [5, 5.41) is 10.3. The smallest absolute Gasteiger partial charge is 0.172 e. The molecule has 2 aliphatic rings. The van der Waals surface area contributed by atoms with Crippen LogP contribution in [0.15, 0.2) is 24.5 Å². The number of aryl methyl sites for hydroxylation is 1. The zero-order valence-corrected chi connectivity index (χ0v) is 11.0. The van der Waals surface area contributed by atoms with E-state index in [0.29, 0.717) is 12.1 Å². The van der Waals surface area contributed by atoms with Crippen molar-refractivity contribution in [1.29, 1.82) is 5.41 Å². The zero-order chi connectivity index (χ0) is 13.2. The molecule has 0 amide bonds. The van der Waals surface area contributed by atoms with Crippen molar-refractivity contribution in [2.75, 3.05) is 18.1 Å². The lowest BCUT2D eigenvalue weighted by atomic mass is 10.1. The SMILES string of the molecule is Cc1ccnc2c1OCC1CC(N/C=C\C=N)CN21. The average molecular weight is 258 g/mol. The highest BCUT2D eigenvalue weighted by molar-refractivity contribution is 5.67. The molecule has 1 saturated heterocycles. The molecule has 1 fully saturated rings. The highest BCUT2D eigenvalue weighted by atomic mass is 16.5. The van der Waals surface area contributed by atoms with Gasteiger partial charge >= 0.3 is 0 Å². The van der Waals surface area contributed by atoms with Crippen molar-refractivity contribution in [3.63, 3.8) is 0 Å². The summed E-state index contributed by atoms with van der Waals surface area (Å²) >= 11 is 0. The molecule has 0 radical (unpaired) electrons. The number of ether oxygens (including phenoxy) is 1. The van der Waals surface area contributed by atoms with E-state index in [1.165, 1.54) is 6.21 Å². The monoisotopic (exact) mass is 258 g/mol. The lowest BCUT2D eigenvalue weighted by molar-refractivity contribution is 0.267. The van der Waals surface area contributed by atoms with E-state index in [2.05, 4.69) is 22.1 Å². The first-order valence-corrected chi connectivity index (χ1v) is 6.56. The Hall–Kier alpha value is -2.04. The van der Waals surface area contributed by atoms with Gasteiger partial charge in [-0.3, -0.25) is 0 Å². The van der Waals surface area contributed by atoms with Crippen LogP contribution in [0.25, 0.3) is 0 Å². The van der Waals surface area contributed by atoms with Crippen LogP contribution in [-0.2, 0) is 0 Å². The fourth-order valence-corrected chi connectivity index (χ4v) is 2.79. The summed E-state index contributed by atoms with van der Waals surface area (Å²) in [5.74, 6) is 1.89. The molecule has 5 heteroatoms. The minimum Gasteiger partial charge on any atom is -0.487 e. The summed E-state index contributed by atoms with van der Waals surface area (Å²) in [6, 6.07) is 2.77. The minimum absolute atomic E-state index is 0.387. The Labute approximate surface area is 112 Å². The maximum atomic E-state index is 6.97. The number of fused-ring (bicyclic) bond motifs is 3. The van der Waals surface area contributed by atoms with Crippen LogP contribution >= 0.6 is 0 Å². The molecule has 19 heavy (non-hydrogen) atoms. The van der Waals surface area contributed by atoms with Gasteiger partial charge in [-0.1, -0.05) is 0 Å². The molecule has 5 nitrogen and oxygen atoms in total. The van der Waals surface area contributed by atoms with Gasteiger partial charge in [-0.05, 0) is 37.3 Å². The maximum Gasteiger partial charge on any atom is 0.172 e. The number of aromatic nitrogens is 1. The van der Waals surface area contributed by atoms with Crippen LogP contribution in [0.1, 0.15) is 12.0 Å². The van der Waals surface area contributed by atoms with Crippen LogP contribution in [0, 0.1) is 12.3 Å². The number of nitrogens with zero attached hydrogens (tertiary/aromatic N) is 2. The largest absolute Gasteiger partial charge is 0.487 e. The number of rotatable bonds is 3. The van der Waals surface area contributed by atoms with Crippen molar-refractivity contribution < 1.29 is 4.74 Å². The predicted octanol–water partition coefficient (Wildman–Crippen LogP) is 1.48. The lowest BCUT2D eigenvalue weighted by Gasteiger charge is -2.32. The molecule has 2 N–H and O–H groups in total. The highest BCUT2D eigenvalue weighted by Gasteiger charge is 2.37. The fraction of sp³-hybridized carbons (Fsp3) is 0.429. The van der Waals surface area contributed by atoms with Gasteiger partial charge in [0.05, 0.1) is 6.04 Å². The first-order chi connectivity index (χ1) is 9.29. The maximum absolute atomic E-state index is 6.97. The van der Waals surface area contributed by atoms with Crippen LogP contribution in [0.2, 0.25) is 0 Å². The van der Waals surface area contributed by atoms with E-state index in [4.69, 9.17) is 10.1 Å². The van der Waals surface area contributed by atoms with Crippen molar-refractivity contribution in [3.05, 3.63) is 30.1 Å². The van der Waals surface area contributed by atoms with E-state index >= 15 is 0 Å². The molecular weight excluding hydrogens is 240 g/mol. The molecular formula is C14H18N4O. The summed E-state index contributed by atoms with van der Waals surface area (Å²) in [5.41, 5.74) is 1.14. The van der Waals surface area contributed by atoms with Crippen molar-refractivity contribution >= 4 is 12.0 Å². The third-order valence-electron chi connectivity index (χ3n) is 3.71. The van der Waals surface area contributed by atoms with Gasteiger partial charge < -0.3 is 20.4 Å². The quantitative estimate of drug-likeness (QED) is 0.806. The predicted molar refractivity (Wildman–Crippen MR) is 75.1 cm³/mol. The van der Waals surface area contributed by atoms with Gasteiger partial charge in [0, 0.05) is 25.0 Å². The third-order valence-corrected chi connectivity index (χ3v) is 3.71. The van der Waals surface area contributed by atoms with E-state index < -0.39 is 0 Å². The van der Waals surface area contributed by atoms with Gasteiger partial charge in [-0.15, -0.1) is 0 Å². The van der Waals surface area contributed by atoms with E-state index in [1.54, 1.807) is 6.08 Å². The topological polar surface area (TPSA) is 61.2 Å². The Bertz CT molecular complexity index is 514. The van der Waals surface area contributed by atoms with Crippen LogP contribution in [0.5, 0.6) is 5.75 Å². The van der Waals surface area contributed by atoms with E-state index in [0.717, 1.165) is 36.7 Å². The molecule has 3 heterocycles. The lowest BCUT2D eigenvalue weighted by Crippen LogP contribution is -2.39. The second kappa shape index (κ2) is 4.91. The molecule has 1 aromatic heterocycles. The Morgan fingerprint density at radius 3 is 3.32 bits per heavy atom. The number of hydrogen-bond donors (Lipinski definition) is 2. The summed E-state index contributed by atoms with van der Waals surface area (Å²) in [4.78, 5) is 6.81. The summed E-state index contributed by atoms with van der Waals surface area (Å²) in [7, 11) is 0. The molecule has 2 unspecified atom stereocenters. The molecule has 0 bridgehead atoms. The van der Waals surface area contributed by atoms with E-state index in [9.17, 15) is 0 Å². The van der Waals surface area contributed by atoms with Crippen molar-refractivity contribution in [3.8, 4) is 5.75 Å². The van der Waals surface area contributed by atoms with Crippen LogP contribution in [0.4, 0.5) is 5.82 Å². The summed E-state index contributed by atoms with van der Waals surface area (Å²) in [6.45, 7) is 3.71. The summed E-state index contributed by atoms with van der Waals surface area (Å²) in [6.07, 6.45) is 7.69. The number of nitrogens with one attached hydrogen (secondary N) is 2. The van der Waals surface area contributed by atoms with Crippen molar-refractivity contribution in [2.24, 2.45) is 0 Å². The Morgan fingerprint density at radius 2 is 2.47 bits per heavy atom. The molecule has 0 aliphatic carbocycles. The van der Waals surface area contributed by atoms with Gasteiger partial charge in [0.2, 0.25) is 0 Å². The molecule has 0 aromatic carbocycles. The molecule has 0 spiro atoms. The Morgan fingerprint density at radius 1 is 1.58 bits per heavy atom. The Balaban J connectivity index is 1.78. The molecule has 3 rings (SSSR count). The van der Waals surface area contributed by atoms with Crippen molar-refractivity contribution in [2.45, 2.75) is 25.4 Å². The molecule has 1 aromatic rings. The zero-order valence-electron chi connectivity index (χ0n) is 11.0. The third kappa shape index (κ3) is 2.16. The second-order valence-electron chi connectivity index (χ2n) is 5.02. The fourth-order valence-electron chi connectivity index (χ4n) is 2.79. The van der Waals surface area contributed by atoms with Gasteiger partial charge in [0.15, 0.2) is 11.6 Å². The van der Waals surface area contributed by atoms with Crippen LogP contribution < -0.4 is 15.0 Å². The summed E-state index contributed by atoms with van der Waals surface area (Å²) < 4.78 is 5.86. The minimum atomic E-state index is 0.387. The number of pyridine rings is 1. The van der Waals surface area contributed by atoms with Crippen LogP contribution in [0.3, 0.4) is 0 Å². The standard InChI is InChI=1S/C14H18N4O/c1-10-3-6-17-14-13(10)19-9-12-7-11(8-18(12)14)16-5-2-4-15/h2-6,11-12,15-16H,7-9H2,1H3/b5-2-,15-4?. The first kappa shape index (κ1) is 12.0. The van der Waals surface area contributed by atoms with Crippen molar-refractivity contribution in [1.82, 2.24) is 10.3 Å². The molecule has 100 valence electrons. The molecule has 0 saturated carbocycles. The average Bonchev–Trinajstić information content (AvgIpc) is 2.82. The number of allylic oxidation sites excluding steroid dienone is 1. The van der Waals surface area contributed by atoms with Gasteiger partial charge in [-0.2, -0.15) is 0 Å². The highest BCUT2D eigenvalue weighted by Crippen LogP contribution is 2.38. The Kier molecular flexibility index (Phi) is 3.11. The number of hydrogen-bond acceptors (Lipinski definition) is 5. The van der Waals surface area contributed by atoms with Gasteiger partial charge in [-0.25, -0.2) is 4.98 Å². The normalized spacial score (nSPS) is 24.8. The second-order valence-corrected chi connectivity index (χ2v) is 5.02. The first-order valence-electron chi connectivity index (χ1n) is 6.56. The number of anilines is 1. The van der Waals surface area contributed by atoms with Gasteiger partial charge in [0.25, 0.3) is 0 Å². The molecule has 2 atom stereocenters. The van der Waals surface area contributed by atoms with E-state index in [-0.39, 0.29) is 0 Å². The van der Waals surface area contributed by atoms with Crippen LogP contribution in [-0.4, -0.2) is 36.4 Å². The van der Waals surface area contributed by atoms with Gasteiger partial charge in [0.1, 0.15) is 6.61 Å². The van der Waals surface area contributed by atoms with E-state index in [1.807, 2.05) is 18.5 Å².